The first kappa shape index (κ1) is 12.2. The van der Waals surface area contributed by atoms with E-state index in [0.717, 1.165) is 17.9 Å². The fourth-order valence-electron chi connectivity index (χ4n) is 1.12. The summed E-state index contributed by atoms with van der Waals surface area (Å²) in [6.45, 7) is 2.71. The average Bonchev–Trinajstić information content (AvgIpc) is 2.23. The molecule has 0 fully saturated rings. The number of anilines is 1. The number of halogens is 1. The Morgan fingerprint density at radius 3 is 3.00 bits per heavy atom. The Balaban J connectivity index is 2.33. The van der Waals surface area contributed by atoms with Crippen LogP contribution >= 0.6 is 11.8 Å². The molecule has 2 nitrogen and oxygen atoms in total. The van der Waals surface area contributed by atoms with Crippen LogP contribution in [0.25, 0.3) is 0 Å². The van der Waals surface area contributed by atoms with Crippen LogP contribution < -0.4 is 10.5 Å². The van der Waals surface area contributed by atoms with Gasteiger partial charge in [-0.25, -0.2) is 4.39 Å². The highest BCUT2D eigenvalue weighted by molar-refractivity contribution is 7.99. The van der Waals surface area contributed by atoms with Gasteiger partial charge in [-0.3, -0.25) is 0 Å². The van der Waals surface area contributed by atoms with E-state index in [1.54, 1.807) is 0 Å². The molecular weight excluding hydrogens is 213 g/mol. The van der Waals surface area contributed by atoms with E-state index in [4.69, 9.17) is 10.5 Å². The van der Waals surface area contributed by atoms with Gasteiger partial charge in [-0.05, 0) is 30.1 Å². The number of ether oxygens (including phenoxy) is 1. The number of rotatable bonds is 6. The Labute approximate surface area is 94.0 Å². The maximum atomic E-state index is 12.8. The quantitative estimate of drug-likeness (QED) is 0.601. The molecule has 1 rings (SSSR count). The van der Waals surface area contributed by atoms with Gasteiger partial charge in [0.05, 0.1) is 12.3 Å². The molecule has 2 N–H and O–H groups in total. The van der Waals surface area contributed by atoms with E-state index in [0.29, 0.717) is 18.0 Å². The minimum Gasteiger partial charge on any atom is -0.491 e. The van der Waals surface area contributed by atoms with Crippen LogP contribution in [0.1, 0.15) is 13.3 Å². The van der Waals surface area contributed by atoms with Crippen molar-refractivity contribution in [1.29, 1.82) is 0 Å². The molecule has 0 saturated heterocycles. The summed E-state index contributed by atoms with van der Waals surface area (Å²) >= 11 is 1.87. The van der Waals surface area contributed by atoms with Gasteiger partial charge in [0.2, 0.25) is 0 Å². The van der Waals surface area contributed by atoms with Crippen molar-refractivity contribution in [2.75, 3.05) is 23.8 Å². The standard InChI is InChI=1S/C11H16FNOS/c1-2-15-7-3-6-14-11-8-9(12)4-5-10(11)13/h4-5,8H,2-3,6-7,13H2,1H3. The number of hydrogen-bond donors (Lipinski definition) is 1. The molecule has 15 heavy (non-hydrogen) atoms. The first-order chi connectivity index (χ1) is 7.24. The maximum Gasteiger partial charge on any atom is 0.145 e. The van der Waals surface area contributed by atoms with Crippen molar-refractivity contribution in [3.63, 3.8) is 0 Å². The molecule has 84 valence electrons. The van der Waals surface area contributed by atoms with E-state index in [9.17, 15) is 4.39 Å². The van der Waals surface area contributed by atoms with Gasteiger partial charge < -0.3 is 10.5 Å². The molecule has 1 aromatic carbocycles. The summed E-state index contributed by atoms with van der Waals surface area (Å²) in [7, 11) is 0. The highest BCUT2D eigenvalue weighted by atomic mass is 32.2. The van der Waals surface area contributed by atoms with E-state index < -0.39 is 0 Å². The zero-order chi connectivity index (χ0) is 11.1. The van der Waals surface area contributed by atoms with E-state index in [1.807, 2.05) is 11.8 Å². The van der Waals surface area contributed by atoms with Crippen LogP contribution in [-0.4, -0.2) is 18.1 Å². The first-order valence-electron chi connectivity index (χ1n) is 4.99. The van der Waals surface area contributed by atoms with Gasteiger partial charge in [0.1, 0.15) is 11.6 Å². The highest BCUT2D eigenvalue weighted by Crippen LogP contribution is 2.22. The first-order valence-corrected chi connectivity index (χ1v) is 6.15. The Morgan fingerprint density at radius 2 is 2.27 bits per heavy atom. The number of nitrogens with two attached hydrogens (primary N) is 1. The third kappa shape index (κ3) is 4.42. The van der Waals surface area contributed by atoms with Crippen LogP contribution in [0.5, 0.6) is 5.75 Å². The molecule has 0 aromatic heterocycles. The van der Waals surface area contributed by atoms with Crippen LogP contribution in [0.4, 0.5) is 10.1 Å². The van der Waals surface area contributed by atoms with Crippen molar-refractivity contribution >= 4 is 17.4 Å². The van der Waals surface area contributed by atoms with Crippen molar-refractivity contribution in [2.24, 2.45) is 0 Å². The average molecular weight is 229 g/mol. The molecule has 4 heteroatoms. The lowest BCUT2D eigenvalue weighted by Crippen LogP contribution is -2.01. The second-order valence-corrected chi connectivity index (χ2v) is 4.47. The fourth-order valence-corrected chi connectivity index (χ4v) is 1.73. The minimum absolute atomic E-state index is 0.317. The van der Waals surface area contributed by atoms with Crippen LogP contribution in [-0.2, 0) is 0 Å². The van der Waals surface area contributed by atoms with Crippen molar-refractivity contribution < 1.29 is 9.13 Å². The van der Waals surface area contributed by atoms with Gasteiger partial charge in [0, 0.05) is 6.07 Å². The molecule has 0 aliphatic rings. The lowest BCUT2D eigenvalue weighted by Gasteiger charge is -2.08. The summed E-state index contributed by atoms with van der Waals surface area (Å²) in [4.78, 5) is 0. The minimum atomic E-state index is -0.317. The van der Waals surface area contributed by atoms with Gasteiger partial charge >= 0.3 is 0 Å². The normalized spacial score (nSPS) is 10.3. The van der Waals surface area contributed by atoms with E-state index >= 15 is 0 Å². The monoisotopic (exact) mass is 229 g/mol. The zero-order valence-corrected chi connectivity index (χ0v) is 9.65. The molecular formula is C11H16FNOS. The summed E-state index contributed by atoms with van der Waals surface area (Å²) in [5.74, 6) is 2.30. The van der Waals surface area contributed by atoms with Crippen LogP contribution in [0.15, 0.2) is 18.2 Å². The summed E-state index contributed by atoms with van der Waals surface area (Å²) in [6, 6.07) is 4.17. The second kappa shape index (κ2) is 6.56. The molecule has 0 radical (unpaired) electrons. The van der Waals surface area contributed by atoms with E-state index in [2.05, 4.69) is 6.92 Å². The summed E-state index contributed by atoms with van der Waals surface area (Å²) in [5, 5.41) is 0. The smallest absolute Gasteiger partial charge is 0.145 e. The van der Waals surface area contributed by atoms with Gasteiger partial charge in [-0.2, -0.15) is 11.8 Å². The van der Waals surface area contributed by atoms with Crippen molar-refractivity contribution in [1.82, 2.24) is 0 Å². The predicted molar refractivity (Wildman–Crippen MR) is 63.9 cm³/mol. The van der Waals surface area contributed by atoms with Crippen molar-refractivity contribution in [3.05, 3.63) is 24.0 Å². The molecule has 0 aliphatic heterocycles. The molecule has 0 atom stereocenters. The zero-order valence-electron chi connectivity index (χ0n) is 8.83. The molecule has 0 saturated carbocycles. The third-order valence-corrected chi connectivity index (χ3v) is 2.86. The van der Waals surface area contributed by atoms with E-state index in [1.165, 1.54) is 18.2 Å². The summed E-state index contributed by atoms with van der Waals surface area (Å²) < 4.78 is 18.2. The third-order valence-electron chi connectivity index (χ3n) is 1.87. The lowest BCUT2D eigenvalue weighted by atomic mass is 10.3. The number of nitrogen functional groups attached to an aromatic ring is 1. The van der Waals surface area contributed by atoms with Crippen LogP contribution in [0.3, 0.4) is 0 Å². The Bertz CT molecular complexity index is 307. The molecule has 0 spiro atoms. The lowest BCUT2D eigenvalue weighted by molar-refractivity contribution is 0.319. The Hall–Kier alpha value is -0.900. The second-order valence-electron chi connectivity index (χ2n) is 3.08. The molecule has 0 aliphatic carbocycles. The highest BCUT2D eigenvalue weighted by Gasteiger charge is 2.01. The predicted octanol–water partition coefficient (Wildman–Crippen LogP) is 2.93. The molecule has 0 heterocycles. The SMILES string of the molecule is CCSCCCOc1cc(F)ccc1N. The summed E-state index contributed by atoms with van der Waals surface area (Å²) in [6.07, 6.45) is 0.953. The number of hydrogen-bond acceptors (Lipinski definition) is 3. The fraction of sp³-hybridized carbons (Fsp3) is 0.455. The Kier molecular flexibility index (Phi) is 5.32. The van der Waals surface area contributed by atoms with Gasteiger partial charge in [0.25, 0.3) is 0 Å². The van der Waals surface area contributed by atoms with Crippen LogP contribution in [0.2, 0.25) is 0 Å². The summed E-state index contributed by atoms with van der Waals surface area (Å²) in [5.41, 5.74) is 6.12. The van der Waals surface area contributed by atoms with Crippen molar-refractivity contribution in [3.8, 4) is 5.75 Å². The van der Waals surface area contributed by atoms with Crippen molar-refractivity contribution in [2.45, 2.75) is 13.3 Å². The number of benzene rings is 1. The van der Waals surface area contributed by atoms with Gasteiger partial charge in [0.15, 0.2) is 0 Å². The van der Waals surface area contributed by atoms with Crippen LogP contribution in [0, 0.1) is 5.82 Å². The molecule has 0 unspecified atom stereocenters. The Morgan fingerprint density at radius 1 is 1.47 bits per heavy atom. The van der Waals surface area contributed by atoms with E-state index in [-0.39, 0.29) is 5.82 Å². The van der Waals surface area contributed by atoms with Gasteiger partial charge in [-0.1, -0.05) is 6.92 Å². The number of thioether (sulfide) groups is 1. The topological polar surface area (TPSA) is 35.2 Å². The van der Waals surface area contributed by atoms with Gasteiger partial charge in [-0.15, -0.1) is 0 Å². The maximum absolute atomic E-state index is 12.8. The molecule has 0 amide bonds. The molecule has 0 bridgehead atoms. The largest absolute Gasteiger partial charge is 0.491 e. The molecule has 1 aromatic rings.